The van der Waals surface area contributed by atoms with Gasteiger partial charge in [-0.05, 0) is 6.92 Å². The van der Waals surface area contributed by atoms with Gasteiger partial charge >= 0.3 is 0 Å². The lowest BCUT2D eigenvalue weighted by Crippen LogP contribution is -2.33. The van der Waals surface area contributed by atoms with Crippen LogP contribution in [-0.2, 0) is 9.59 Å². The highest BCUT2D eigenvalue weighted by molar-refractivity contribution is 5.95. The Morgan fingerprint density at radius 2 is 2.38 bits per heavy atom. The summed E-state index contributed by atoms with van der Waals surface area (Å²) in [6.45, 7) is 1.21. The van der Waals surface area contributed by atoms with Crippen molar-refractivity contribution in [3.05, 3.63) is 0 Å². The first kappa shape index (κ1) is 7.26. The summed E-state index contributed by atoms with van der Waals surface area (Å²) in [5, 5.41) is 7.99. The summed E-state index contributed by atoms with van der Waals surface area (Å²) in [5.74, 6) is -0.400. The van der Waals surface area contributed by atoms with E-state index in [-0.39, 0.29) is 0 Å². The molecule has 0 fully saturated rings. The number of carbonyl (C=O) groups excluding carboxylic acids is 2. The van der Waals surface area contributed by atoms with Crippen LogP contribution in [0.4, 0.5) is 0 Å². The molecular formula is C4H7NO3. The van der Waals surface area contributed by atoms with E-state index in [0.717, 1.165) is 0 Å². The van der Waals surface area contributed by atoms with Crippen LogP contribution >= 0.6 is 0 Å². The smallest absolute Gasteiger partial charge is 0.156 e. The first-order valence-electron chi connectivity index (χ1n) is 2.07. The lowest BCUT2D eigenvalue weighted by molar-refractivity contribution is -0.126. The van der Waals surface area contributed by atoms with Crippen molar-refractivity contribution in [3.8, 4) is 0 Å². The highest BCUT2D eigenvalue weighted by Gasteiger charge is 2.08. The summed E-state index contributed by atoms with van der Waals surface area (Å²) >= 11 is 0. The Balaban J connectivity index is 3.69. The Labute approximate surface area is 46.5 Å². The van der Waals surface area contributed by atoms with Crippen LogP contribution in [-0.4, -0.2) is 23.3 Å². The molecule has 4 heteroatoms. The molecule has 0 aromatic heterocycles. The molecule has 1 atom stereocenters. The van der Waals surface area contributed by atoms with E-state index in [9.17, 15) is 9.59 Å². The molecule has 0 aliphatic carbocycles. The van der Waals surface area contributed by atoms with Crippen LogP contribution in [0.15, 0.2) is 0 Å². The molecule has 0 amide bonds. The third kappa shape index (κ3) is 1.81. The number of rotatable bonds is 3. The van der Waals surface area contributed by atoms with E-state index in [0.29, 0.717) is 6.29 Å². The molecule has 8 heavy (non-hydrogen) atoms. The Morgan fingerprint density at radius 3 is 2.38 bits per heavy atom. The molecule has 0 aromatic carbocycles. The van der Waals surface area contributed by atoms with Crippen molar-refractivity contribution in [2.24, 2.45) is 0 Å². The minimum absolute atomic E-state index is 0.336. The lowest BCUT2D eigenvalue weighted by Gasteiger charge is -1.98. The number of nitrogens with one attached hydrogen (secondary N) is 1. The van der Waals surface area contributed by atoms with Crippen LogP contribution < -0.4 is 5.48 Å². The van der Waals surface area contributed by atoms with Crippen molar-refractivity contribution in [1.82, 2.24) is 5.48 Å². The minimum atomic E-state index is -1.06. The fourth-order valence-corrected chi connectivity index (χ4v) is 0.217. The maximum Gasteiger partial charge on any atom is 0.156 e. The summed E-state index contributed by atoms with van der Waals surface area (Å²) in [5.41, 5.74) is 1.53. The zero-order chi connectivity index (χ0) is 6.57. The van der Waals surface area contributed by atoms with Gasteiger partial charge in [-0.2, -0.15) is 5.48 Å². The third-order valence-corrected chi connectivity index (χ3v) is 0.713. The quantitative estimate of drug-likeness (QED) is 0.286. The third-order valence-electron chi connectivity index (χ3n) is 0.713. The molecule has 0 bridgehead atoms. The average Bonchev–Trinajstić information content (AvgIpc) is 1.69. The fraction of sp³-hybridized carbons (Fsp3) is 0.500. The fourth-order valence-electron chi connectivity index (χ4n) is 0.217. The van der Waals surface area contributed by atoms with Crippen LogP contribution in [0.5, 0.6) is 0 Å². The Kier molecular flexibility index (Phi) is 2.98. The molecule has 0 aliphatic heterocycles. The number of hydrogen-bond donors (Lipinski definition) is 2. The molecule has 0 radical (unpaired) electrons. The summed E-state index contributed by atoms with van der Waals surface area (Å²) in [6.07, 6.45) is 0.336. The van der Waals surface area contributed by atoms with E-state index in [1.807, 2.05) is 0 Å². The second-order valence-corrected chi connectivity index (χ2v) is 1.35. The zero-order valence-corrected chi connectivity index (χ0v) is 4.42. The molecule has 0 heterocycles. The van der Waals surface area contributed by atoms with E-state index in [4.69, 9.17) is 5.21 Å². The average molecular weight is 117 g/mol. The van der Waals surface area contributed by atoms with E-state index < -0.39 is 11.8 Å². The highest BCUT2D eigenvalue weighted by Crippen LogP contribution is 1.75. The molecule has 0 rings (SSSR count). The maximum atomic E-state index is 10.2. The molecule has 0 aromatic rings. The lowest BCUT2D eigenvalue weighted by atomic mass is 10.2. The standard InChI is InChI=1S/C4H7NO3/c1-3(7)4(2-6)5-8/h2,4-5,8H,1H3. The summed E-state index contributed by atoms with van der Waals surface area (Å²) < 4.78 is 0. The Bertz CT molecular complexity index is 101. The SMILES string of the molecule is CC(=O)C(C=O)NO. The Morgan fingerprint density at radius 1 is 1.88 bits per heavy atom. The predicted octanol–water partition coefficient (Wildman–Crippen LogP) is -0.878. The second kappa shape index (κ2) is 3.29. The van der Waals surface area contributed by atoms with Crippen LogP contribution in [0.3, 0.4) is 0 Å². The number of ketones is 1. The van der Waals surface area contributed by atoms with Crippen LogP contribution in [0.2, 0.25) is 0 Å². The van der Waals surface area contributed by atoms with Gasteiger partial charge in [0.25, 0.3) is 0 Å². The van der Waals surface area contributed by atoms with Crippen LogP contribution in [0.25, 0.3) is 0 Å². The molecule has 2 N–H and O–H groups in total. The van der Waals surface area contributed by atoms with Gasteiger partial charge in [-0.1, -0.05) is 0 Å². The monoisotopic (exact) mass is 117 g/mol. The Hall–Kier alpha value is -0.740. The number of carbonyl (C=O) groups is 2. The first-order valence-corrected chi connectivity index (χ1v) is 2.07. The van der Waals surface area contributed by atoms with Gasteiger partial charge in [0.05, 0.1) is 0 Å². The summed E-state index contributed by atoms with van der Waals surface area (Å²) in [4.78, 5) is 19.9. The number of aldehydes is 1. The van der Waals surface area contributed by atoms with Gasteiger partial charge in [-0.3, -0.25) is 4.79 Å². The summed E-state index contributed by atoms with van der Waals surface area (Å²) in [7, 11) is 0. The van der Waals surface area contributed by atoms with E-state index in [2.05, 4.69) is 0 Å². The number of hydrogen-bond acceptors (Lipinski definition) is 4. The molecule has 0 aliphatic rings. The molecule has 4 nitrogen and oxygen atoms in total. The van der Waals surface area contributed by atoms with Gasteiger partial charge in [-0.25, -0.2) is 0 Å². The predicted molar refractivity (Wildman–Crippen MR) is 25.5 cm³/mol. The van der Waals surface area contributed by atoms with Crippen molar-refractivity contribution >= 4 is 12.1 Å². The van der Waals surface area contributed by atoms with Gasteiger partial charge in [0.2, 0.25) is 0 Å². The topological polar surface area (TPSA) is 66.4 Å². The largest absolute Gasteiger partial charge is 0.316 e. The van der Waals surface area contributed by atoms with E-state index in [1.165, 1.54) is 12.4 Å². The van der Waals surface area contributed by atoms with Crippen LogP contribution in [0.1, 0.15) is 6.92 Å². The second-order valence-electron chi connectivity index (χ2n) is 1.35. The molecule has 0 spiro atoms. The normalized spacial score (nSPS) is 12.8. The molecule has 0 saturated carbocycles. The van der Waals surface area contributed by atoms with Crippen LogP contribution in [0, 0.1) is 0 Å². The zero-order valence-electron chi connectivity index (χ0n) is 4.42. The number of Topliss-reactive ketones (excluding diaryl/α,β-unsaturated/α-hetero) is 1. The molecule has 0 saturated heterocycles. The van der Waals surface area contributed by atoms with Crippen molar-refractivity contribution < 1.29 is 14.8 Å². The number of hydroxylamine groups is 1. The van der Waals surface area contributed by atoms with Crippen molar-refractivity contribution in [2.45, 2.75) is 13.0 Å². The van der Waals surface area contributed by atoms with Crippen molar-refractivity contribution in [1.29, 1.82) is 0 Å². The maximum absolute atomic E-state index is 10.2. The van der Waals surface area contributed by atoms with Crippen molar-refractivity contribution in [3.63, 3.8) is 0 Å². The molecular weight excluding hydrogens is 110 g/mol. The first-order chi connectivity index (χ1) is 3.72. The van der Waals surface area contributed by atoms with Gasteiger partial charge in [0.15, 0.2) is 5.78 Å². The van der Waals surface area contributed by atoms with E-state index in [1.54, 1.807) is 0 Å². The van der Waals surface area contributed by atoms with E-state index >= 15 is 0 Å². The molecule has 46 valence electrons. The molecule has 1 unspecified atom stereocenters. The van der Waals surface area contributed by atoms with Gasteiger partial charge in [0.1, 0.15) is 12.3 Å². The minimum Gasteiger partial charge on any atom is -0.316 e. The summed E-state index contributed by atoms with van der Waals surface area (Å²) in [6, 6.07) is -1.06. The van der Waals surface area contributed by atoms with Gasteiger partial charge in [0, 0.05) is 0 Å². The van der Waals surface area contributed by atoms with Gasteiger partial charge in [-0.15, -0.1) is 0 Å². The van der Waals surface area contributed by atoms with Crippen molar-refractivity contribution in [2.75, 3.05) is 0 Å². The highest BCUT2D eigenvalue weighted by atomic mass is 16.5. The van der Waals surface area contributed by atoms with Gasteiger partial charge < -0.3 is 10.0 Å².